The van der Waals surface area contributed by atoms with Crippen molar-refractivity contribution < 1.29 is 9.31 Å². The Kier molecular flexibility index (Phi) is 3.97. The minimum Gasteiger partial charge on any atom is -0.316 e. The van der Waals surface area contributed by atoms with Crippen LogP contribution in [-0.4, -0.2) is 18.0 Å². The van der Waals surface area contributed by atoms with E-state index in [1.807, 2.05) is 7.05 Å². The summed E-state index contributed by atoms with van der Waals surface area (Å²) in [5, 5.41) is 14.1. The average molecular weight is 317 g/mol. The summed E-state index contributed by atoms with van der Waals surface area (Å²) in [4.78, 5) is 10.5. The van der Waals surface area contributed by atoms with Gasteiger partial charge in [-0.25, -0.2) is 4.39 Å². The van der Waals surface area contributed by atoms with Crippen LogP contribution in [-0.2, 0) is 6.42 Å². The summed E-state index contributed by atoms with van der Waals surface area (Å²) in [5.41, 5.74) is 0.427. The minimum absolute atomic E-state index is 0.0239. The molecule has 1 aliphatic carbocycles. The van der Waals surface area contributed by atoms with Gasteiger partial charge in [-0.1, -0.05) is 0 Å². The summed E-state index contributed by atoms with van der Waals surface area (Å²) in [5.74, 6) is 0.0996. The van der Waals surface area contributed by atoms with Gasteiger partial charge in [-0.3, -0.25) is 10.1 Å². The second kappa shape index (κ2) is 5.32. The van der Waals surface area contributed by atoms with E-state index in [0.29, 0.717) is 17.9 Å². The lowest BCUT2D eigenvalue weighted by atomic mass is 10.0. The first kappa shape index (κ1) is 13.4. The fourth-order valence-corrected chi connectivity index (χ4v) is 2.48. The lowest BCUT2D eigenvalue weighted by molar-refractivity contribution is -0.385. The average Bonchev–Trinajstić information content (AvgIpc) is 3.13. The van der Waals surface area contributed by atoms with Crippen LogP contribution in [0.4, 0.5) is 10.1 Å². The van der Waals surface area contributed by atoms with Crippen LogP contribution in [0.2, 0.25) is 0 Å². The van der Waals surface area contributed by atoms with Crippen molar-refractivity contribution in [2.24, 2.45) is 5.92 Å². The number of halogens is 2. The van der Waals surface area contributed by atoms with E-state index in [2.05, 4.69) is 21.2 Å². The number of hydrogen-bond donors (Lipinski definition) is 1. The lowest BCUT2D eigenvalue weighted by Gasteiger charge is -2.15. The van der Waals surface area contributed by atoms with Crippen molar-refractivity contribution in [1.82, 2.24) is 5.32 Å². The minimum atomic E-state index is -0.459. The van der Waals surface area contributed by atoms with Gasteiger partial charge < -0.3 is 5.32 Å². The molecule has 0 saturated heterocycles. The van der Waals surface area contributed by atoms with Crippen LogP contribution in [0.5, 0.6) is 0 Å². The summed E-state index contributed by atoms with van der Waals surface area (Å²) < 4.78 is 13.6. The molecule has 1 aromatic rings. The fraction of sp³-hybridized carbons (Fsp3) is 0.500. The molecule has 1 unspecified atom stereocenters. The van der Waals surface area contributed by atoms with Crippen LogP contribution in [0.1, 0.15) is 18.4 Å². The van der Waals surface area contributed by atoms with Crippen molar-refractivity contribution in [3.63, 3.8) is 0 Å². The van der Waals surface area contributed by atoms with Crippen molar-refractivity contribution in [3.8, 4) is 0 Å². The highest BCUT2D eigenvalue weighted by Crippen LogP contribution is 2.36. The number of nitrogens with zero attached hydrogens (tertiary/aromatic N) is 1. The molecule has 0 aromatic heterocycles. The molecule has 4 nitrogen and oxygen atoms in total. The normalized spacial score (nSPS) is 16.6. The summed E-state index contributed by atoms with van der Waals surface area (Å²) in [7, 11) is 1.84. The topological polar surface area (TPSA) is 55.2 Å². The van der Waals surface area contributed by atoms with E-state index in [4.69, 9.17) is 0 Å². The molecular formula is C12H14BrFN2O2. The predicted octanol–water partition coefficient (Wildman–Crippen LogP) is 3.04. The van der Waals surface area contributed by atoms with Crippen LogP contribution in [0.15, 0.2) is 16.6 Å². The highest BCUT2D eigenvalue weighted by molar-refractivity contribution is 9.10. The second-order valence-corrected chi connectivity index (χ2v) is 5.44. The van der Waals surface area contributed by atoms with Gasteiger partial charge in [0.1, 0.15) is 5.82 Å². The first-order valence-corrected chi connectivity index (χ1v) is 6.61. The van der Waals surface area contributed by atoms with Crippen molar-refractivity contribution in [1.29, 1.82) is 0 Å². The first-order valence-electron chi connectivity index (χ1n) is 5.82. The third-order valence-corrected chi connectivity index (χ3v) is 3.93. The molecule has 6 heteroatoms. The Labute approximate surface area is 113 Å². The molecule has 18 heavy (non-hydrogen) atoms. The number of nitro benzene ring substituents is 1. The maximum absolute atomic E-state index is 13.5. The Morgan fingerprint density at radius 2 is 2.28 bits per heavy atom. The predicted molar refractivity (Wildman–Crippen MR) is 70.0 cm³/mol. The number of rotatable bonds is 5. The number of likely N-dealkylation sites (N-methyl/N-ethyl adjacent to an activating group) is 1. The van der Waals surface area contributed by atoms with E-state index in [1.165, 1.54) is 12.1 Å². The van der Waals surface area contributed by atoms with Gasteiger partial charge in [0.2, 0.25) is 0 Å². The van der Waals surface area contributed by atoms with Crippen molar-refractivity contribution >= 4 is 21.6 Å². The standard InChI is InChI=1S/C12H14BrFN2O2/c1-15-11(7-2-3-7)5-8-4-10(14)9(13)6-12(8)16(17)18/h4,6-7,11,15H,2-3,5H2,1H3. The number of nitro groups is 1. The molecule has 0 amide bonds. The first-order chi connectivity index (χ1) is 8.52. The molecule has 1 N–H and O–H groups in total. The SMILES string of the molecule is CNC(Cc1cc(F)c(Br)cc1[N+](=O)[O-])C1CC1. The number of hydrogen-bond acceptors (Lipinski definition) is 3. The zero-order chi connectivity index (χ0) is 13.3. The molecule has 0 heterocycles. The number of benzene rings is 1. The van der Waals surface area contributed by atoms with E-state index in [9.17, 15) is 14.5 Å². The molecule has 98 valence electrons. The van der Waals surface area contributed by atoms with Gasteiger partial charge in [-0.05, 0) is 54.2 Å². The molecule has 1 atom stereocenters. The molecule has 1 saturated carbocycles. The van der Waals surface area contributed by atoms with Gasteiger partial charge in [0.25, 0.3) is 5.69 Å². The third kappa shape index (κ3) is 2.87. The van der Waals surface area contributed by atoms with E-state index in [-0.39, 0.29) is 16.2 Å². The number of nitrogens with one attached hydrogen (secondary N) is 1. The van der Waals surface area contributed by atoms with E-state index in [1.54, 1.807) is 0 Å². The molecule has 0 spiro atoms. The van der Waals surface area contributed by atoms with E-state index >= 15 is 0 Å². The van der Waals surface area contributed by atoms with Crippen LogP contribution >= 0.6 is 15.9 Å². The monoisotopic (exact) mass is 316 g/mol. The van der Waals surface area contributed by atoms with E-state index < -0.39 is 10.7 Å². The fourth-order valence-electron chi connectivity index (χ4n) is 2.15. The molecule has 0 aliphatic heterocycles. The Balaban J connectivity index is 2.29. The van der Waals surface area contributed by atoms with Crippen LogP contribution < -0.4 is 5.32 Å². The van der Waals surface area contributed by atoms with Gasteiger partial charge in [0, 0.05) is 17.7 Å². The van der Waals surface area contributed by atoms with Crippen LogP contribution in [0.25, 0.3) is 0 Å². The van der Waals surface area contributed by atoms with Crippen LogP contribution in [0.3, 0.4) is 0 Å². The zero-order valence-corrected chi connectivity index (χ0v) is 11.5. The summed E-state index contributed by atoms with van der Waals surface area (Å²) >= 11 is 2.98. The maximum atomic E-state index is 13.5. The molecule has 1 aromatic carbocycles. The summed E-state index contributed by atoms with van der Waals surface area (Å²) in [6, 6.07) is 2.68. The quantitative estimate of drug-likeness (QED) is 0.671. The largest absolute Gasteiger partial charge is 0.316 e. The Morgan fingerprint density at radius 3 is 2.78 bits per heavy atom. The van der Waals surface area contributed by atoms with Gasteiger partial charge in [0.05, 0.1) is 9.40 Å². The van der Waals surface area contributed by atoms with Gasteiger partial charge in [-0.15, -0.1) is 0 Å². The summed E-state index contributed by atoms with van der Waals surface area (Å²) in [6.45, 7) is 0. The van der Waals surface area contributed by atoms with E-state index in [0.717, 1.165) is 12.8 Å². The van der Waals surface area contributed by atoms with Gasteiger partial charge >= 0.3 is 0 Å². The molecule has 0 radical (unpaired) electrons. The Morgan fingerprint density at radius 1 is 1.61 bits per heavy atom. The van der Waals surface area contributed by atoms with Gasteiger partial charge in [-0.2, -0.15) is 0 Å². The maximum Gasteiger partial charge on any atom is 0.273 e. The zero-order valence-electron chi connectivity index (χ0n) is 9.95. The van der Waals surface area contributed by atoms with Crippen LogP contribution in [0, 0.1) is 21.8 Å². The van der Waals surface area contributed by atoms with Crippen molar-refractivity contribution in [2.75, 3.05) is 7.05 Å². The molecule has 0 bridgehead atoms. The molecular weight excluding hydrogens is 303 g/mol. The third-order valence-electron chi connectivity index (χ3n) is 3.32. The smallest absolute Gasteiger partial charge is 0.273 e. The van der Waals surface area contributed by atoms with Gasteiger partial charge in [0.15, 0.2) is 0 Å². The highest BCUT2D eigenvalue weighted by Gasteiger charge is 2.32. The Hall–Kier alpha value is -1.01. The molecule has 1 fully saturated rings. The highest BCUT2D eigenvalue weighted by atomic mass is 79.9. The molecule has 2 rings (SSSR count). The summed E-state index contributed by atoms with van der Waals surface area (Å²) in [6.07, 6.45) is 2.76. The molecule has 1 aliphatic rings. The van der Waals surface area contributed by atoms with Crippen molar-refractivity contribution in [2.45, 2.75) is 25.3 Å². The Bertz CT molecular complexity index is 477. The second-order valence-electron chi connectivity index (χ2n) is 4.59. The lowest BCUT2D eigenvalue weighted by Crippen LogP contribution is -2.30. The van der Waals surface area contributed by atoms with Crippen molar-refractivity contribution in [3.05, 3.63) is 38.1 Å².